The molecule has 5 nitrogen and oxygen atoms in total. The van der Waals surface area contributed by atoms with Crippen molar-refractivity contribution in [3.05, 3.63) is 64.4 Å². The first-order chi connectivity index (χ1) is 13.6. The predicted octanol–water partition coefficient (Wildman–Crippen LogP) is 3.22. The van der Waals surface area contributed by atoms with E-state index in [4.69, 9.17) is 0 Å². The van der Waals surface area contributed by atoms with Crippen LogP contribution in [0, 0.1) is 0 Å². The van der Waals surface area contributed by atoms with Crippen LogP contribution >= 0.6 is 11.3 Å². The van der Waals surface area contributed by atoms with Gasteiger partial charge in [-0.05, 0) is 55.9 Å². The van der Waals surface area contributed by atoms with Crippen molar-refractivity contribution >= 4 is 29.2 Å². The van der Waals surface area contributed by atoms with Crippen molar-refractivity contribution in [1.29, 1.82) is 0 Å². The number of thiophene rings is 1. The second-order valence-electron chi connectivity index (χ2n) is 6.99. The first kappa shape index (κ1) is 20.3. The Labute approximate surface area is 170 Å². The van der Waals surface area contributed by atoms with E-state index in [0.29, 0.717) is 6.54 Å². The number of likely N-dealkylation sites (tertiary alicyclic amines) is 1. The number of nitrogens with zero attached hydrogens (tertiary/aromatic N) is 1. The summed E-state index contributed by atoms with van der Waals surface area (Å²) in [5.41, 5.74) is 0.944. The van der Waals surface area contributed by atoms with Gasteiger partial charge in [-0.2, -0.15) is 0 Å². The molecule has 2 heterocycles. The fraction of sp³-hybridized carbons (Fsp3) is 0.364. The minimum absolute atomic E-state index is 0.165. The van der Waals surface area contributed by atoms with Gasteiger partial charge in [0.1, 0.15) is 6.04 Å². The molecule has 6 heteroatoms. The Balaban J connectivity index is 1.50. The van der Waals surface area contributed by atoms with E-state index in [1.807, 2.05) is 36.4 Å². The Morgan fingerprint density at radius 2 is 1.89 bits per heavy atom. The van der Waals surface area contributed by atoms with Gasteiger partial charge >= 0.3 is 0 Å². The van der Waals surface area contributed by atoms with Gasteiger partial charge in [0.2, 0.25) is 11.8 Å². The predicted molar refractivity (Wildman–Crippen MR) is 114 cm³/mol. The third-order valence-corrected chi connectivity index (χ3v) is 5.87. The molecule has 2 amide bonds. The lowest BCUT2D eigenvalue weighted by Crippen LogP contribution is -2.46. The van der Waals surface area contributed by atoms with Crippen LogP contribution in [0.4, 0.5) is 0 Å². The van der Waals surface area contributed by atoms with Gasteiger partial charge in [-0.25, -0.2) is 0 Å². The lowest BCUT2D eigenvalue weighted by Gasteiger charge is -2.27. The quantitative estimate of drug-likeness (QED) is 0.673. The number of hydrogen-bond donors (Lipinski definition) is 2. The summed E-state index contributed by atoms with van der Waals surface area (Å²) in [6.45, 7) is 4.39. The number of rotatable bonds is 8. The van der Waals surface area contributed by atoms with E-state index < -0.39 is 6.04 Å². The molecule has 0 spiro atoms. The lowest BCUT2D eigenvalue weighted by molar-refractivity contribution is -0.126. The number of carbonyl (C=O) groups is 2. The molecule has 1 aromatic heterocycles. The van der Waals surface area contributed by atoms with Gasteiger partial charge in [-0.1, -0.05) is 36.4 Å². The standard InChI is InChI=1S/C22H27N3O2S/c1-17(24-21(26)12-11-18-8-3-2-4-9-18)22(27)23-16-19(20-10-7-15-28-20)25-13-5-6-14-25/h2-4,7-12,15,17,19H,5-6,13-14,16H2,1H3,(H,23,27)(H,24,26). The second-order valence-corrected chi connectivity index (χ2v) is 7.97. The molecule has 2 unspecified atom stereocenters. The van der Waals surface area contributed by atoms with Crippen LogP contribution in [-0.4, -0.2) is 42.4 Å². The third-order valence-electron chi connectivity index (χ3n) is 4.90. The molecule has 2 aromatic rings. The molecular formula is C22H27N3O2S. The number of benzene rings is 1. The van der Waals surface area contributed by atoms with Crippen molar-refractivity contribution in [3.63, 3.8) is 0 Å². The smallest absolute Gasteiger partial charge is 0.244 e. The molecule has 1 aliphatic rings. The Bertz CT molecular complexity index is 783. The zero-order valence-corrected chi connectivity index (χ0v) is 17.0. The van der Waals surface area contributed by atoms with Crippen LogP contribution in [0.3, 0.4) is 0 Å². The maximum atomic E-state index is 12.5. The normalized spacial score (nSPS) is 16.8. The number of hydrogen-bond acceptors (Lipinski definition) is 4. The number of amides is 2. The monoisotopic (exact) mass is 397 g/mol. The molecule has 0 bridgehead atoms. The minimum Gasteiger partial charge on any atom is -0.352 e. The van der Waals surface area contributed by atoms with Gasteiger partial charge in [0.05, 0.1) is 6.04 Å². The fourth-order valence-electron chi connectivity index (χ4n) is 3.36. The highest BCUT2D eigenvalue weighted by atomic mass is 32.1. The minimum atomic E-state index is -0.588. The summed E-state index contributed by atoms with van der Waals surface area (Å²) in [6, 6.07) is 13.4. The van der Waals surface area contributed by atoms with Crippen molar-refractivity contribution in [2.75, 3.05) is 19.6 Å². The molecule has 0 aliphatic carbocycles. The van der Waals surface area contributed by atoms with Gasteiger partial charge in [-0.3, -0.25) is 14.5 Å². The SMILES string of the molecule is CC(NC(=O)C=Cc1ccccc1)C(=O)NCC(c1cccs1)N1CCCC1. The van der Waals surface area contributed by atoms with E-state index in [2.05, 4.69) is 27.0 Å². The van der Waals surface area contributed by atoms with Crippen molar-refractivity contribution in [2.45, 2.75) is 31.8 Å². The molecule has 2 atom stereocenters. The summed E-state index contributed by atoms with van der Waals surface area (Å²) in [5.74, 6) is -0.442. The molecular weight excluding hydrogens is 370 g/mol. The summed E-state index contributed by atoms with van der Waals surface area (Å²) < 4.78 is 0. The summed E-state index contributed by atoms with van der Waals surface area (Å²) in [4.78, 5) is 28.3. The molecule has 1 aromatic carbocycles. The van der Waals surface area contributed by atoms with Crippen LogP contribution in [0.5, 0.6) is 0 Å². The molecule has 1 aliphatic heterocycles. The van der Waals surface area contributed by atoms with Crippen molar-refractivity contribution in [3.8, 4) is 0 Å². The van der Waals surface area contributed by atoms with Crippen LogP contribution in [0.2, 0.25) is 0 Å². The Kier molecular flexibility index (Phi) is 7.39. The van der Waals surface area contributed by atoms with Crippen LogP contribution < -0.4 is 10.6 Å². The average Bonchev–Trinajstić information content (AvgIpc) is 3.42. The third kappa shape index (κ3) is 5.78. The van der Waals surface area contributed by atoms with E-state index in [1.165, 1.54) is 23.8 Å². The zero-order chi connectivity index (χ0) is 19.8. The molecule has 1 saturated heterocycles. The first-order valence-electron chi connectivity index (χ1n) is 9.72. The Morgan fingerprint density at radius 3 is 2.57 bits per heavy atom. The van der Waals surface area contributed by atoms with E-state index in [1.54, 1.807) is 24.3 Å². The topological polar surface area (TPSA) is 61.4 Å². The van der Waals surface area contributed by atoms with Crippen LogP contribution in [0.1, 0.15) is 36.2 Å². The molecule has 0 radical (unpaired) electrons. The highest BCUT2D eigenvalue weighted by Crippen LogP contribution is 2.27. The van der Waals surface area contributed by atoms with Crippen molar-refractivity contribution < 1.29 is 9.59 Å². The molecule has 148 valence electrons. The summed E-state index contributed by atoms with van der Waals surface area (Å²) in [7, 11) is 0. The Morgan fingerprint density at radius 1 is 1.14 bits per heavy atom. The highest BCUT2D eigenvalue weighted by Gasteiger charge is 2.25. The van der Waals surface area contributed by atoms with Crippen LogP contribution in [-0.2, 0) is 9.59 Å². The van der Waals surface area contributed by atoms with Gasteiger partial charge in [0.25, 0.3) is 0 Å². The Hall–Kier alpha value is -2.44. The maximum absolute atomic E-state index is 12.5. The molecule has 0 saturated carbocycles. The summed E-state index contributed by atoms with van der Waals surface area (Å²) >= 11 is 1.72. The fourth-order valence-corrected chi connectivity index (χ4v) is 4.22. The van der Waals surface area contributed by atoms with Crippen molar-refractivity contribution in [1.82, 2.24) is 15.5 Å². The van der Waals surface area contributed by atoms with Gasteiger partial charge < -0.3 is 10.6 Å². The lowest BCUT2D eigenvalue weighted by atomic mass is 10.2. The second kappa shape index (κ2) is 10.2. The summed E-state index contributed by atoms with van der Waals surface area (Å²) in [6.07, 6.45) is 5.60. The molecule has 2 N–H and O–H groups in total. The van der Waals surface area contributed by atoms with Crippen molar-refractivity contribution in [2.24, 2.45) is 0 Å². The van der Waals surface area contributed by atoms with E-state index in [9.17, 15) is 9.59 Å². The summed E-state index contributed by atoms with van der Waals surface area (Å²) in [5, 5.41) is 7.81. The largest absolute Gasteiger partial charge is 0.352 e. The van der Waals surface area contributed by atoms with Crippen LogP contribution in [0.25, 0.3) is 6.08 Å². The van der Waals surface area contributed by atoms with Crippen LogP contribution in [0.15, 0.2) is 53.9 Å². The molecule has 28 heavy (non-hydrogen) atoms. The number of carbonyl (C=O) groups excluding carboxylic acids is 2. The number of nitrogens with one attached hydrogen (secondary N) is 2. The van der Waals surface area contributed by atoms with E-state index >= 15 is 0 Å². The molecule has 3 rings (SSSR count). The zero-order valence-electron chi connectivity index (χ0n) is 16.1. The van der Waals surface area contributed by atoms with Gasteiger partial charge in [-0.15, -0.1) is 11.3 Å². The van der Waals surface area contributed by atoms with E-state index in [-0.39, 0.29) is 17.9 Å². The van der Waals surface area contributed by atoms with Gasteiger partial charge in [0, 0.05) is 17.5 Å². The van der Waals surface area contributed by atoms with Gasteiger partial charge in [0.15, 0.2) is 0 Å². The highest BCUT2D eigenvalue weighted by molar-refractivity contribution is 7.10. The first-order valence-corrected chi connectivity index (χ1v) is 10.6. The average molecular weight is 398 g/mol. The van der Waals surface area contributed by atoms with E-state index in [0.717, 1.165) is 18.7 Å². The maximum Gasteiger partial charge on any atom is 0.244 e. The molecule has 1 fully saturated rings.